The van der Waals surface area contributed by atoms with Crippen molar-refractivity contribution in [2.45, 2.75) is 44.2 Å². The molecule has 2 unspecified atom stereocenters. The number of carboxylic acids is 1. The van der Waals surface area contributed by atoms with Crippen LogP contribution in [0.1, 0.15) is 43.2 Å². The third-order valence-electron chi connectivity index (χ3n) is 6.15. The zero-order valence-electron chi connectivity index (χ0n) is 17.4. The van der Waals surface area contributed by atoms with Gasteiger partial charge in [0.1, 0.15) is 12.6 Å². The SMILES string of the molecule is CC1CCCN1C(=O)C(CC(=O)O)NC(=O)OCC1c2ccccc2-c2ccccc21. The third-order valence-corrected chi connectivity index (χ3v) is 6.15. The Labute approximate surface area is 181 Å². The number of carbonyl (C=O) groups excluding carboxylic acids is 2. The fraction of sp³-hybridized carbons (Fsp3) is 0.375. The standard InChI is InChI=1S/C24H26N2O5/c1-15-7-6-12-26(15)23(29)21(13-22(27)28)25-24(30)31-14-20-18-10-4-2-8-16(18)17-9-3-5-11-19(17)20/h2-5,8-11,15,20-21H,6-7,12-14H2,1H3,(H,25,30)(H,27,28). The van der Waals surface area contributed by atoms with Crippen molar-refractivity contribution in [2.75, 3.05) is 13.2 Å². The normalized spacial score (nSPS) is 18.2. The quantitative estimate of drug-likeness (QED) is 0.744. The number of alkyl carbamates (subject to hydrolysis) is 1. The molecule has 1 aliphatic carbocycles. The molecular weight excluding hydrogens is 396 g/mol. The lowest BCUT2D eigenvalue weighted by Crippen LogP contribution is -2.50. The highest BCUT2D eigenvalue weighted by Crippen LogP contribution is 2.44. The van der Waals surface area contributed by atoms with Crippen LogP contribution in [0.2, 0.25) is 0 Å². The van der Waals surface area contributed by atoms with Crippen molar-refractivity contribution in [3.05, 3.63) is 59.7 Å². The first-order valence-corrected chi connectivity index (χ1v) is 10.6. The molecule has 1 fully saturated rings. The summed E-state index contributed by atoms with van der Waals surface area (Å²) in [5.74, 6) is -1.63. The van der Waals surface area contributed by atoms with Crippen molar-refractivity contribution in [3.63, 3.8) is 0 Å². The Bertz CT molecular complexity index is 959. The van der Waals surface area contributed by atoms with E-state index in [-0.39, 0.29) is 24.5 Å². The van der Waals surface area contributed by atoms with Crippen LogP contribution in [0.3, 0.4) is 0 Å². The zero-order chi connectivity index (χ0) is 22.0. The average molecular weight is 422 g/mol. The number of hydrogen-bond acceptors (Lipinski definition) is 4. The summed E-state index contributed by atoms with van der Waals surface area (Å²) in [5.41, 5.74) is 4.41. The average Bonchev–Trinajstić information content (AvgIpc) is 3.32. The second kappa shape index (κ2) is 8.79. The lowest BCUT2D eigenvalue weighted by atomic mass is 9.98. The number of nitrogens with zero attached hydrogens (tertiary/aromatic N) is 1. The van der Waals surface area contributed by atoms with Crippen LogP contribution in [-0.2, 0) is 14.3 Å². The van der Waals surface area contributed by atoms with Crippen LogP contribution in [-0.4, -0.2) is 53.2 Å². The Hall–Kier alpha value is -3.35. The van der Waals surface area contributed by atoms with E-state index in [9.17, 15) is 19.5 Å². The number of amides is 2. The van der Waals surface area contributed by atoms with Gasteiger partial charge in [-0.3, -0.25) is 9.59 Å². The number of carboxylic acid groups (broad SMARTS) is 1. The lowest BCUT2D eigenvalue weighted by molar-refractivity contribution is -0.142. The van der Waals surface area contributed by atoms with Gasteiger partial charge in [-0.15, -0.1) is 0 Å². The molecule has 2 atom stereocenters. The van der Waals surface area contributed by atoms with Crippen LogP contribution in [0.5, 0.6) is 0 Å². The van der Waals surface area contributed by atoms with Crippen LogP contribution in [0.25, 0.3) is 11.1 Å². The molecule has 2 N–H and O–H groups in total. The Morgan fingerprint density at radius 2 is 1.71 bits per heavy atom. The van der Waals surface area contributed by atoms with Gasteiger partial charge in [0.2, 0.25) is 5.91 Å². The number of hydrogen-bond donors (Lipinski definition) is 2. The Kier molecular flexibility index (Phi) is 5.93. The summed E-state index contributed by atoms with van der Waals surface area (Å²) in [7, 11) is 0. The number of carbonyl (C=O) groups is 3. The van der Waals surface area contributed by atoms with Gasteiger partial charge in [-0.25, -0.2) is 4.79 Å². The first-order chi connectivity index (χ1) is 15.0. The molecule has 7 heteroatoms. The van der Waals surface area contributed by atoms with Gasteiger partial charge >= 0.3 is 12.1 Å². The van der Waals surface area contributed by atoms with Gasteiger partial charge in [0, 0.05) is 18.5 Å². The molecule has 2 aromatic carbocycles. The van der Waals surface area contributed by atoms with Crippen LogP contribution < -0.4 is 5.32 Å². The number of benzene rings is 2. The summed E-state index contributed by atoms with van der Waals surface area (Å²) in [6.07, 6.45) is 0.480. The topological polar surface area (TPSA) is 95.9 Å². The maximum atomic E-state index is 12.8. The number of nitrogens with one attached hydrogen (secondary N) is 1. The monoisotopic (exact) mass is 422 g/mol. The minimum atomic E-state index is -1.15. The van der Waals surface area contributed by atoms with Crippen LogP contribution in [0, 0.1) is 0 Å². The molecule has 2 amide bonds. The molecule has 4 rings (SSSR count). The molecule has 0 radical (unpaired) electrons. The highest BCUT2D eigenvalue weighted by Gasteiger charge is 2.34. The van der Waals surface area contributed by atoms with Crippen molar-refractivity contribution in [1.29, 1.82) is 0 Å². The maximum Gasteiger partial charge on any atom is 0.407 e. The lowest BCUT2D eigenvalue weighted by Gasteiger charge is -2.26. The fourth-order valence-electron chi connectivity index (χ4n) is 4.62. The molecular formula is C24H26N2O5. The van der Waals surface area contributed by atoms with Crippen molar-refractivity contribution in [3.8, 4) is 11.1 Å². The van der Waals surface area contributed by atoms with Gasteiger partial charge < -0.3 is 20.1 Å². The van der Waals surface area contributed by atoms with E-state index in [1.54, 1.807) is 4.90 Å². The van der Waals surface area contributed by atoms with Crippen molar-refractivity contribution in [1.82, 2.24) is 10.2 Å². The van der Waals surface area contributed by atoms with Crippen LogP contribution in [0.15, 0.2) is 48.5 Å². The number of aliphatic carboxylic acids is 1. The van der Waals surface area contributed by atoms with Gasteiger partial charge in [-0.2, -0.15) is 0 Å². The summed E-state index contributed by atoms with van der Waals surface area (Å²) in [6, 6.07) is 14.9. The first kappa shape index (κ1) is 20.9. The summed E-state index contributed by atoms with van der Waals surface area (Å²) in [4.78, 5) is 38.2. The van der Waals surface area contributed by atoms with Crippen LogP contribution in [0.4, 0.5) is 4.79 Å². The van der Waals surface area contributed by atoms with Crippen molar-refractivity contribution < 1.29 is 24.2 Å². The number of likely N-dealkylation sites (tertiary alicyclic amines) is 1. The molecule has 2 aliphatic rings. The Morgan fingerprint density at radius 1 is 1.10 bits per heavy atom. The molecule has 0 saturated carbocycles. The molecule has 0 bridgehead atoms. The van der Waals surface area contributed by atoms with E-state index in [1.165, 1.54) is 0 Å². The van der Waals surface area contributed by atoms with Gasteiger partial charge in [0.25, 0.3) is 0 Å². The molecule has 162 valence electrons. The van der Waals surface area contributed by atoms with E-state index in [1.807, 2.05) is 55.5 Å². The summed E-state index contributed by atoms with van der Waals surface area (Å²) < 4.78 is 5.48. The number of ether oxygens (including phenoxy) is 1. The minimum absolute atomic E-state index is 0.0353. The minimum Gasteiger partial charge on any atom is -0.481 e. The van der Waals surface area contributed by atoms with E-state index in [4.69, 9.17) is 4.74 Å². The molecule has 0 aromatic heterocycles. The fourth-order valence-corrected chi connectivity index (χ4v) is 4.62. The first-order valence-electron chi connectivity index (χ1n) is 10.6. The second-order valence-electron chi connectivity index (χ2n) is 8.14. The van der Waals surface area contributed by atoms with Gasteiger partial charge in [-0.1, -0.05) is 48.5 Å². The molecule has 7 nitrogen and oxygen atoms in total. The Balaban J connectivity index is 1.44. The highest BCUT2D eigenvalue weighted by molar-refractivity contribution is 5.89. The molecule has 1 saturated heterocycles. The smallest absolute Gasteiger partial charge is 0.407 e. The summed E-state index contributed by atoms with van der Waals surface area (Å²) >= 11 is 0. The highest BCUT2D eigenvalue weighted by atomic mass is 16.5. The van der Waals surface area contributed by atoms with Crippen molar-refractivity contribution >= 4 is 18.0 Å². The summed E-state index contributed by atoms with van der Waals surface area (Å²) in [6.45, 7) is 2.60. The van der Waals surface area contributed by atoms with E-state index >= 15 is 0 Å². The Morgan fingerprint density at radius 3 is 2.26 bits per heavy atom. The summed E-state index contributed by atoms with van der Waals surface area (Å²) in [5, 5.41) is 11.7. The predicted octanol–water partition coefficient (Wildman–Crippen LogP) is 3.38. The molecule has 1 aliphatic heterocycles. The van der Waals surface area contributed by atoms with Gasteiger partial charge in [-0.05, 0) is 42.0 Å². The van der Waals surface area contributed by atoms with E-state index < -0.39 is 24.5 Å². The molecule has 0 spiro atoms. The second-order valence-corrected chi connectivity index (χ2v) is 8.14. The van der Waals surface area contributed by atoms with Crippen molar-refractivity contribution in [2.24, 2.45) is 0 Å². The molecule has 2 aromatic rings. The van der Waals surface area contributed by atoms with Gasteiger partial charge in [0.15, 0.2) is 0 Å². The van der Waals surface area contributed by atoms with Crippen LogP contribution >= 0.6 is 0 Å². The predicted molar refractivity (Wildman–Crippen MR) is 115 cm³/mol. The van der Waals surface area contributed by atoms with E-state index in [0.717, 1.165) is 35.1 Å². The number of fused-ring (bicyclic) bond motifs is 3. The maximum absolute atomic E-state index is 12.8. The molecule has 1 heterocycles. The van der Waals surface area contributed by atoms with E-state index in [2.05, 4.69) is 5.32 Å². The van der Waals surface area contributed by atoms with Gasteiger partial charge in [0.05, 0.1) is 6.42 Å². The molecule has 31 heavy (non-hydrogen) atoms. The zero-order valence-corrected chi connectivity index (χ0v) is 17.4. The van der Waals surface area contributed by atoms with E-state index in [0.29, 0.717) is 6.54 Å². The third kappa shape index (κ3) is 4.26. The number of rotatable bonds is 6. The largest absolute Gasteiger partial charge is 0.481 e.